The highest BCUT2D eigenvalue weighted by Crippen LogP contribution is 2.25. The number of hydrogen-bond acceptors (Lipinski definition) is 1. The fraction of sp³-hybridized carbons (Fsp3) is 0.250. The number of hydrogen-bond donors (Lipinski definition) is 1. The van der Waals surface area contributed by atoms with Gasteiger partial charge in [0.05, 0.1) is 10.5 Å². The van der Waals surface area contributed by atoms with E-state index in [-0.39, 0.29) is 16.0 Å². The second kappa shape index (κ2) is 3.32. The average Bonchev–Trinajstić information content (AvgIpc) is 2.73. The van der Waals surface area contributed by atoms with Crippen LogP contribution in [0.15, 0.2) is 16.9 Å². The maximum absolute atomic E-state index is 13.7. The van der Waals surface area contributed by atoms with E-state index >= 15 is 0 Å². The van der Waals surface area contributed by atoms with Gasteiger partial charge in [-0.15, -0.1) is 0 Å². The molecule has 0 saturated carbocycles. The van der Waals surface area contributed by atoms with Crippen molar-refractivity contribution in [2.75, 3.05) is 0 Å². The van der Waals surface area contributed by atoms with Gasteiger partial charge in [-0.2, -0.15) is 0 Å². The van der Waals surface area contributed by atoms with Gasteiger partial charge in [-0.25, -0.2) is 4.39 Å². The summed E-state index contributed by atoms with van der Waals surface area (Å²) in [7, 11) is 0. The van der Waals surface area contributed by atoms with Crippen molar-refractivity contribution in [2.24, 2.45) is 0 Å². The molecule has 0 fully saturated rings. The summed E-state index contributed by atoms with van der Waals surface area (Å²) in [6, 6.07) is 3.01. The third kappa shape index (κ3) is 1.21. The molecule has 1 aliphatic rings. The quantitative estimate of drug-likeness (QED) is 0.751. The number of aromatic amines is 1. The van der Waals surface area contributed by atoms with Gasteiger partial charge >= 0.3 is 0 Å². The Hall–Kier alpha value is -1.35. The minimum Gasteiger partial charge on any atom is -0.356 e. The average molecular weight is 238 g/mol. The minimum atomic E-state index is -0.536. The van der Waals surface area contributed by atoms with Crippen molar-refractivity contribution >= 4 is 22.5 Å². The number of nitrogens with one attached hydrogen (secondary N) is 1. The number of pyridine rings is 1. The van der Waals surface area contributed by atoms with Gasteiger partial charge in [-0.05, 0) is 31.4 Å². The van der Waals surface area contributed by atoms with E-state index in [1.807, 2.05) is 0 Å². The summed E-state index contributed by atoms with van der Waals surface area (Å²) < 4.78 is 13.7. The van der Waals surface area contributed by atoms with Crippen LogP contribution in [0.1, 0.15) is 17.7 Å². The molecule has 0 atom stereocenters. The Balaban J connectivity index is 2.51. The molecular formula is C12H9ClFNO. The zero-order chi connectivity index (χ0) is 11.3. The Morgan fingerprint density at radius 1 is 1.31 bits per heavy atom. The number of aryl methyl sites for hydroxylation is 1. The Morgan fingerprint density at radius 2 is 2.12 bits per heavy atom. The summed E-state index contributed by atoms with van der Waals surface area (Å²) in [4.78, 5) is 15.1. The Labute approximate surface area is 96.1 Å². The molecule has 0 saturated heterocycles. The van der Waals surface area contributed by atoms with E-state index in [1.165, 1.54) is 6.07 Å². The fourth-order valence-corrected chi connectivity index (χ4v) is 2.47. The SMILES string of the molecule is O=c1c2c([nH]c3c(F)c(Cl)ccc13)CCC2. The lowest BCUT2D eigenvalue weighted by Gasteiger charge is -2.05. The highest BCUT2D eigenvalue weighted by atomic mass is 35.5. The van der Waals surface area contributed by atoms with Crippen LogP contribution in [-0.2, 0) is 12.8 Å². The van der Waals surface area contributed by atoms with Crippen LogP contribution in [0.4, 0.5) is 4.39 Å². The highest BCUT2D eigenvalue weighted by molar-refractivity contribution is 6.31. The van der Waals surface area contributed by atoms with E-state index in [4.69, 9.17) is 11.6 Å². The van der Waals surface area contributed by atoms with E-state index in [0.29, 0.717) is 5.39 Å². The number of benzene rings is 1. The van der Waals surface area contributed by atoms with Crippen molar-refractivity contribution in [2.45, 2.75) is 19.3 Å². The summed E-state index contributed by atoms with van der Waals surface area (Å²) in [6.45, 7) is 0. The fourth-order valence-electron chi connectivity index (χ4n) is 2.31. The van der Waals surface area contributed by atoms with Crippen LogP contribution in [0.3, 0.4) is 0 Å². The number of rotatable bonds is 0. The molecule has 0 unspecified atom stereocenters. The lowest BCUT2D eigenvalue weighted by Crippen LogP contribution is -2.11. The predicted octanol–water partition coefficient (Wildman–Crippen LogP) is 2.81. The monoisotopic (exact) mass is 237 g/mol. The van der Waals surface area contributed by atoms with Crippen molar-refractivity contribution in [1.29, 1.82) is 0 Å². The first-order valence-corrected chi connectivity index (χ1v) is 5.58. The second-order valence-electron chi connectivity index (χ2n) is 4.05. The molecule has 1 aliphatic carbocycles. The van der Waals surface area contributed by atoms with Crippen LogP contribution in [0.5, 0.6) is 0 Å². The summed E-state index contributed by atoms with van der Waals surface area (Å²) >= 11 is 5.69. The van der Waals surface area contributed by atoms with Crippen LogP contribution in [0, 0.1) is 5.82 Å². The number of H-pyrrole nitrogens is 1. The molecule has 0 bridgehead atoms. The molecule has 4 heteroatoms. The molecule has 2 nitrogen and oxygen atoms in total. The first-order chi connectivity index (χ1) is 7.68. The number of halogens is 2. The van der Waals surface area contributed by atoms with Gasteiger partial charge in [0, 0.05) is 16.6 Å². The Bertz CT molecular complexity index is 647. The molecule has 1 heterocycles. The molecule has 82 valence electrons. The second-order valence-corrected chi connectivity index (χ2v) is 4.46. The zero-order valence-electron chi connectivity index (χ0n) is 8.44. The van der Waals surface area contributed by atoms with Crippen molar-refractivity contribution in [3.05, 3.63) is 44.5 Å². The van der Waals surface area contributed by atoms with Gasteiger partial charge in [0.1, 0.15) is 0 Å². The first kappa shape index (κ1) is 9.85. The molecule has 0 spiro atoms. The van der Waals surface area contributed by atoms with Gasteiger partial charge in [-0.1, -0.05) is 11.6 Å². The summed E-state index contributed by atoms with van der Waals surface area (Å²) in [5, 5.41) is 0.434. The van der Waals surface area contributed by atoms with Gasteiger partial charge in [0.2, 0.25) is 0 Å². The molecule has 0 radical (unpaired) electrons. The zero-order valence-corrected chi connectivity index (χ0v) is 9.20. The Morgan fingerprint density at radius 3 is 2.94 bits per heavy atom. The molecule has 0 aliphatic heterocycles. The standard InChI is InChI=1S/C12H9ClFNO/c13-8-5-4-7-11(10(8)14)15-9-3-1-2-6(9)12(7)16/h4-5H,1-3H2,(H,15,16). The van der Waals surface area contributed by atoms with Crippen molar-refractivity contribution in [1.82, 2.24) is 4.98 Å². The van der Waals surface area contributed by atoms with E-state index in [1.54, 1.807) is 6.07 Å². The third-order valence-electron chi connectivity index (χ3n) is 3.11. The lowest BCUT2D eigenvalue weighted by molar-refractivity contribution is 0.636. The molecule has 1 N–H and O–H groups in total. The summed E-state index contributed by atoms with van der Waals surface area (Å²) in [6.07, 6.45) is 2.55. The lowest BCUT2D eigenvalue weighted by atomic mass is 10.1. The van der Waals surface area contributed by atoms with Crippen LogP contribution in [0.25, 0.3) is 10.9 Å². The molecule has 3 rings (SSSR count). The van der Waals surface area contributed by atoms with Crippen LogP contribution >= 0.6 is 11.6 Å². The van der Waals surface area contributed by atoms with Gasteiger partial charge in [-0.3, -0.25) is 4.79 Å². The molecule has 1 aromatic carbocycles. The van der Waals surface area contributed by atoms with Crippen LogP contribution < -0.4 is 5.43 Å². The van der Waals surface area contributed by atoms with Crippen molar-refractivity contribution in [3.8, 4) is 0 Å². The maximum atomic E-state index is 13.7. The normalized spacial score (nSPS) is 14.4. The highest BCUT2D eigenvalue weighted by Gasteiger charge is 2.19. The van der Waals surface area contributed by atoms with Gasteiger partial charge < -0.3 is 4.98 Å². The largest absolute Gasteiger partial charge is 0.356 e. The van der Waals surface area contributed by atoms with Gasteiger partial charge in [0.15, 0.2) is 11.2 Å². The number of aromatic nitrogens is 1. The molecule has 2 aromatic rings. The third-order valence-corrected chi connectivity index (χ3v) is 3.40. The molecule has 16 heavy (non-hydrogen) atoms. The van der Waals surface area contributed by atoms with E-state index < -0.39 is 5.82 Å². The predicted molar refractivity (Wildman–Crippen MR) is 61.6 cm³/mol. The minimum absolute atomic E-state index is 0.0427. The first-order valence-electron chi connectivity index (χ1n) is 5.20. The molecule has 0 amide bonds. The van der Waals surface area contributed by atoms with Crippen molar-refractivity contribution in [3.63, 3.8) is 0 Å². The van der Waals surface area contributed by atoms with E-state index in [9.17, 15) is 9.18 Å². The van der Waals surface area contributed by atoms with Gasteiger partial charge in [0.25, 0.3) is 0 Å². The Kier molecular flexibility index (Phi) is 2.04. The number of fused-ring (bicyclic) bond motifs is 2. The summed E-state index contributed by atoms with van der Waals surface area (Å²) in [5.74, 6) is -0.536. The van der Waals surface area contributed by atoms with E-state index in [2.05, 4.69) is 4.98 Å². The van der Waals surface area contributed by atoms with Crippen LogP contribution in [0.2, 0.25) is 5.02 Å². The van der Waals surface area contributed by atoms with Crippen molar-refractivity contribution < 1.29 is 4.39 Å². The molecule has 1 aromatic heterocycles. The van der Waals surface area contributed by atoms with E-state index in [0.717, 1.165) is 30.5 Å². The molecular weight excluding hydrogens is 229 g/mol. The topological polar surface area (TPSA) is 32.9 Å². The smallest absolute Gasteiger partial charge is 0.192 e. The summed E-state index contributed by atoms with van der Waals surface area (Å²) in [5.41, 5.74) is 1.84. The maximum Gasteiger partial charge on any atom is 0.192 e. The van der Waals surface area contributed by atoms with Crippen LogP contribution in [-0.4, -0.2) is 4.98 Å².